The highest BCUT2D eigenvalue weighted by molar-refractivity contribution is 5.52. The van der Waals surface area contributed by atoms with Crippen LogP contribution in [0.4, 0.5) is 0 Å². The maximum atomic E-state index is 7.00. The number of aryl methyl sites for hydroxylation is 1. The molecule has 0 amide bonds. The molecule has 0 aliphatic heterocycles. The first-order valence-corrected chi connectivity index (χ1v) is 7.56. The van der Waals surface area contributed by atoms with Crippen LogP contribution in [0.15, 0.2) is 24.3 Å². The number of nitrogens with one attached hydrogen (secondary N) is 1. The minimum Gasteiger partial charge on any atom is -0.313 e. The summed E-state index contributed by atoms with van der Waals surface area (Å²) < 4.78 is 0. The van der Waals surface area contributed by atoms with Gasteiger partial charge in [0.1, 0.15) is 0 Å². The molecule has 2 heteroatoms. The number of benzene rings is 1. The van der Waals surface area contributed by atoms with E-state index in [1.54, 1.807) is 0 Å². The summed E-state index contributed by atoms with van der Waals surface area (Å²) in [5.41, 5.74) is 2.89. The van der Waals surface area contributed by atoms with Crippen LogP contribution in [0.1, 0.15) is 43.2 Å². The van der Waals surface area contributed by atoms with E-state index in [0.29, 0.717) is 0 Å². The summed E-state index contributed by atoms with van der Waals surface area (Å²) >= 11 is 0. The van der Waals surface area contributed by atoms with Crippen molar-refractivity contribution in [3.63, 3.8) is 0 Å². The first kappa shape index (κ1) is 14.3. The molecule has 0 spiro atoms. The molecule has 1 saturated carbocycles. The minimum atomic E-state index is 0.869. The van der Waals surface area contributed by atoms with Crippen LogP contribution in [0, 0.1) is 5.41 Å². The van der Waals surface area contributed by atoms with Gasteiger partial charge >= 0.3 is 0 Å². The molecule has 2 rings (SSSR count). The second-order valence-corrected chi connectivity index (χ2v) is 5.73. The van der Waals surface area contributed by atoms with Crippen molar-refractivity contribution >= 4 is 6.21 Å². The SMILES string of the molecule is CN(CCc1ccc(CCCCC=N)cc1)C1CC1. The molecular formula is C17H26N2. The van der Waals surface area contributed by atoms with E-state index in [9.17, 15) is 0 Å². The standard InChI is InChI=1S/C17H26N2/c1-19(17-10-11-17)14-12-16-8-6-15(7-9-16)5-3-2-4-13-18/h6-9,13,17-18H,2-5,10-12,14H2,1H3. The van der Waals surface area contributed by atoms with E-state index in [1.807, 2.05) is 0 Å². The van der Waals surface area contributed by atoms with Gasteiger partial charge in [-0.2, -0.15) is 0 Å². The Balaban J connectivity index is 1.69. The second kappa shape index (κ2) is 7.44. The predicted octanol–water partition coefficient (Wildman–Crippen LogP) is 3.69. The quantitative estimate of drug-likeness (QED) is 0.531. The van der Waals surface area contributed by atoms with E-state index in [4.69, 9.17) is 5.41 Å². The Morgan fingerprint density at radius 3 is 2.32 bits per heavy atom. The van der Waals surface area contributed by atoms with Crippen LogP contribution in [0.3, 0.4) is 0 Å². The highest BCUT2D eigenvalue weighted by Crippen LogP contribution is 2.25. The molecule has 0 atom stereocenters. The van der Waals surface area contributed by atoms with Crippen molar-refractivity contribution in [1.29, 1.82) is 5.41 Å². The highest BCUT2D eigenvalue weighted by Gasteiger charge is 2.25. The zero-order valence-corrected chi connectivity index (χ0v) is 12.1. The summed E-state index contributed by atoms with van der Waals surface area (Å²) in [5.74, 6) is 0. The van der Waals surface area contributed by atoms with Crippen LogP contribution in [0.25, 0.3) is 0 Å². The lowest BCUT2D eigenvalue weighted by molar-refractivity contribution is 0.328. The molecule has 1 aromatic carbocycles. The van der Waals surface area contributed by atoms with Crippen molar-refractivity contribution in [1.82, 2.24) is 4.90 Å². The Hall–Kier alpha value is -1.15. The zero-order valence-electron chi connectivity index (χ0n) is 12.1. The Bertz CT molecular complexity index is 379. The normalized spacial score (nSPS) is 14.8. The smallest absolute Gasteiger partial charge is 0.00935 e. The third-order valence-corrected chi connectivity index (χ3v) is 4.01. The number of rotatable bonds is 9. The van der Waals surface area contributed by atoms with E-state index < -0.39 is 0 Å². The summed E-state index contributed by atoms with van der Waals surface area (Å²) in [5, 5.41) is 7.00. The van der Waals surface area contributed by atoms with E-state index in [1.165, 1.54) is 49.6 Å². The monoisotopic (exact) mass is 258 g/mol. The predicted molar refractivity (Wildman–Crippen MR) is 82.1 cm³/mol. The molecule has 0 saturated heterocycles. The third kappa shape index (κ3) is 5.15. The Labute approximate surface area is 117 Å². The molecule has 1 fully saturated rings. The van der Waals surface area contributed by atoms with E-state index in [2.05, 4.69) is 36.2 Å². The van der Waals surface area contributed by atoms with Crippen LogP contribution >= 0.6 is 0 Å². The molecule has 104 valence electrons. The molecular weight excluding hydrogens is 232 g/mol. The number of likely N-dealkylation sites (N-methyl/N-ethyl adjacent to an activating group) is 1. The largest absolute Gasteiger partial charge is 0.313 e. The average Bonchev–Trinajstić information content (AvgIpc) is 3.27. The lowest BCUT2D eigenvalue weighted by Gasteiger charge is -2.15. The van der Waals surface area contributed by atoms with E-state index in [-0.39, 0.29) is 0 Å². The third-order valence-electron chi connectivity index (χ3n) is 4.01. The van der Waals surface area contributed by atoms with Crippen LogP contribution in [0.2, 0.25) is 0 Å². The number of nitrogens with zero attached hydrogens (tertiary/aromatic N) is 1. The van der Waals surface area contributed by atoms with Gasteiger partial charge in [0.25, 0.3) is 0 Å². The fourth-order valence-corrected chi connectivity index (χ4v) is 2.45. The topological polar surface area (TPSA) is 27.1 Å². The van der Waals surface area contributed by atoms with Crippen molar-refractivity contribution in [2.45, 2.75) is 51.0 Å². The maximum absolute atomic E-state index is 7.00. The van der Waals surface area contributed by atoms with Crippen molar-refractivity contribution in [2.24, 2.45) is 0 Å². The van der Waals surface area contributed by atoms with Crippen molar-refractivity contribution < 1.29 is 0 Å². The summed E-state index contributed by atoms with van der Waals surface area (Å²) in [6.45, 7) is 1.18. The van der Waals surface area contributed by atoms with Crippen LogP contribution < -0.4 is 0 Å². The molecule has 19 heavy (non-hydrogen) atoms. The first-order chi connectivity index (χ1) is 9.29. The fourth-order valence-electron chi connectivity index (χ4n) is 2.45. The van der Waals surface area contributed by atoms with Gasteiger partial charge in [-0.25, -0.2) is 0 Å². The van der Waals surface area contributed by atoms with Crippen molar-refractivity contribution in [2.75, 3.05) is 13.6 Å². The van der Waals surface area contributed by atoms with E-state index >= 15 is 0 Å². The lowest BCUT2D eigenvalue weighted by Crippen LogP contribution is -2.23. The Morgan fingerprint density at radius 2 is 1.74 bits per heavy atom. The average molecular weight is 258 g/mol. The van der Waals surface area contributed by atoms with E-state index in [0.717, 1.165) is 25.3 Å². The van der Waals surface area contributed by atoms with Crippen LogP contribution in [-0.4, -0.2) is 30.7 Å². The van der Waals surface area contributed by atoms with Gasteiger partial charge in [0, 0.05) is 12.6 Å². The summed E-state index contributed by atoms with van der Waals surface area (Å²) in [7, 11) is 2.25. The molecule has 1 N–H and O–H groups in total. The van der Waals surface area contributed by atoms with Crippen molar-refractivity contribution in [3.05, 3.63) is 35.4 Å². The van der Waals surface area contributed by atoms with Gasteiger partial charge in [0.15, 0.2) is 0 Å². The number of hydrogen-bond acceptors (Lipinski definition) is 2. The molecule has 2 nitrogen and oxygen atoms in total. The summed E-state index contributed by atoms with van der Waals surface area (Å²) in [6.07, 6.45) is 9.87. The summed E-state index contributed by atoms with van der Waals surface area (Å²) in [6, 6.07) is 9.99. The molecule has 0 bridgehead atoms. The van der Waals surface area contributed by atoms with Gasteiger partial charge in [-0.05, 0) is 69.3 Å². The molecule has 0 radical (unpaired) electrons. The number of unbranched alkanes of at least 4 members (excludes halogenated alkanes) is 2. The van der Waals surface area contributed by atoms with Gasteiger partial charge < -0.3 is 10.3 Å². The molecule has 0 unspecified atom stereocenters. The number of hydrogen-bond donors (Lipinski definition) is 1. The Kier molecular flexibility index (Phi) is 5.59. The molecule has 1 aliphatic carbocycles. The van der Waals surface area contributed by atoms with Gasteiger partial charge in [0.05, 0.1) is 0 Å². The van der Waals surface area contributed by atoms with Gasteiger partial charge in [-0.3, -0.25) is 0 Å². The fraction of sp³-hybridized carbons (Fsp3) is 0.588. The van der Waals surface area contributed by atoms with Crippen molar-refractivity contribution in [3.8, 4) is 0 Å². The zero-order chi connectivity index (χ0) is 13.5. The lowest BCUT2D eigenvalue weighted by atomic mass is 10.0. The Morgan fingerprint density at radius 1 is 1.11 bits per heavy atom. The van der Waals surface area contributed by atoms with Crippen LogP contribution in [-0.2, 0) is 12.8 Å². The van der Waals surface area contributed by atoms with Crippen LogP contribution in [0.5, 0.6) is 0 Å². The molecule has 0 heterocycles. The molecule has 1 aromatic rings. The highest BCUT2D eigenvalue weighted by atomic mass is 15.1. The minimum absolute atomic E-state index is 0.869. The molecule has 1 aliphatic rings. The second-order valence-electron chi connectivity index (χ2n) is 5.73. The van der Waals surface area contributed by atoms with Gasteiger partial charge in [-0.1, -0.05) is 24.3 Å². The maximum Gasteiger partial charge on any atom is 0.00935 e. The van der Waals surface area contributed by atoms with Gasteiger partial charge in [-0.15, -0.1) is 0 Å². The summed E-state index contributed by atoms with van der Waals surface area (Å²) in [4.78, 5) is 2.49. The first-order valence-electron chi connectivity index (χ1n) is 7.56. The van der Waals surface area contributed by atoms with Gasteiger partial charge in [0.2, 0.25) is 0 Å². The molecule has 0 aromatic heterocycles.